The van der Waals surface area contributed by atoms with Gasteiger partial charge in [0.25, 0.3) is 0 Å². The van der Waals surface area contributed by atoms with Crippen LogP contribution in [0.2, 0.25) is 0 Å². The first kappa shape index (κ1) is 13.4. The Bertz CT molecular complexity index is 449. The minimum atomic E-state index is -3.60. The lowest BCUT2D eigenvalue weighted by Crippen LogP contribution is -2.13. The van der Waals surface area contributed by atoms with Gasteiger partial charge in [0.2, 0.25) is 15.0 Å². The Labute approximate surface area is 97.7 Å². The van der Waals surface area contributed by atoms with Gasteiger partial charge in [-0.25, -0.2) is 17.2 Å². The van der Waals surface area contributed by atoms with Crippen LogP contribution in [-0.4, -0.2) is 14.3 Å². The third-order valence-electron chi connectivity index (χ3n) is 1.88. The highest BCUT2D eigenvalue weighted by atomic mass is 35.7. The second-order valence-corrected chi connectivity index (χ2v) is 6.52. The molecule has 0 radical (unpaired) electrons. The van der Waals surface area contributed by atoms with Crippen LogP contribution in [0.1, 0.15) is 18.1 Å². The molecule has 0 atom stereocenters. The van der Waals surface area contributed by atoms with Gasteiger partial charge < -0.3 is 0 Å². The van der Waals surface area contributed by atoms with Crippen LogP contribution in [-0.2, 0) is 21.2 Å². The Morgan fingerprint density at radius 2 is 1.62 bits per heavy atom. The number of halogens is 3. The molecule has 0 heterocycles. The molecule has 1 aromatic carbocycles. The molecule has 0 saturated carbocycles. The summed E-state index contributed by atoms with van der Waals surface area (Å²) in [7, 11) is 1.47. The highest BCUT2D eigenvalue weighted by Gasteiger charge is 2.21. The van der Waals surface area contributed by atoms with E-state index < -0.39 is 15.0 Å². The zero-order valence-corrected chi connectivity index (χ0v) is 10.2. The highest BCUT2D eigenvalue weighted by Crippen LogP contribution is 2.19. The SMILES string of the molecule is CC(F)(F)Cc1ccc(CS(=O)(=O)Cl)cc1. The van der Waals surface area contributed by atoms with Crippen molar-refractivity contribution in [1.29, 1.82) is 0 Å². The van der Waals surface area contributed by atoms with Crippen molar-refractivity contribution in [3.05, 3.63) is 35.4 Å². The first-order valence-electron chi connectivity index (χ1n) is 4.54. The summed E-state index contributed by atoms with van der Waals surface area (Å²) in [5, 5.41) is 0. The Kier molecular flexibility index (Phi) is 3.91. The van der Waals surface area contributed by atoms with Gasteiger partial charge >= 0.3 is 0 Å². The monoisotopic (exact) mass is 268 g/mol. The molecule has 0 aliphatic rings. The molecular weight excluding hydrogens is 258 g/mol. The van der Waals surface area contributed by atoms with Crippen molar-refractivity contribution < 1.29 is 17.2 Å². The van der Waals surface area contributed by atoms with Crippen LogP contribution >= 0.6 is 10.7 Å². The Balaban J connectivity index is 2.76. The van der Waals surface area contributed by atoms with Gasteiger partial charge in [0.05, 0.1) is 5.75 Å². The van der Waals surface area contributed by atoms with E-state index in [0.29, 0.717) is 11.1 Å². The van der Waals surface area contributed by atoms with Gasteiger partial charge in [-0.2, -0.15) is 0 Å². The molecule has 0 fully saturated rings. The second-order valence-electron chi connectivity index (χ2n) is 3.75. The highest BCUT2D eigenvalue weighted by molar-refractivity contribution is 8.13. The number of hydrogen-bond acceptors (Lipinski definition) is 2. The molecule has 1 rings (SSSR count). The number of benzene rings is 1. The maximum atomic E-state index is 12.7. The largest absolute Gasteiger partial charge is 0.249 e. The van der Waals surface area contributed by atoms with Crippen LogP contribution < -0.4 is 0 Å². The number of rotatable bonds is 4. The predicted molar refractivity (Wildman–Crippen MR) is 59.2 cm³/mol. The van der Waals surface area contributed by atoms with Crippen molar-refractivity contribution in [2.75, 3.05) is 0 Å². The van der Waals surface area contributed by atoms with Crippen molar-refractivity contribution in [1.82, 2.24) is 0 Å². The molecule has 90 valence electrons. The van der Waals surface area contributed by atoms with Gasteiger partial charge in [-0.3, -0.25) is 0 Å². The maximum absolute atomic E-state index is 12.7. The van der Waals surface area contributed by atoms with Gasteiger partial charge in [-0.15, -0.1) is 0 Å². The summed E-state index contributed by atoms with van der Waals surface area (Å²) in [6.45, 7) is 0.837. The summed E-state index contributed by atoms with van der Waals surface area (Å²) in [6.07, 6.45) is -0.360. The summed E-state index contributed by atoms with van der Waals surface area (Å²) in [4.78, 5) is 0. The lowest BCUT2D eigenvalue weighted by Gasteiger charge is -2.10. The van der Waals surface area contributed by atoms with E-state index in [1.807, 2.05) is 0 Å². The zero-order chi connectivity index (χ0) is 12.4. The van der Waals surface area contributed by atoms with Crippen molar-refractivity contribution in [3.8, 4) is 0 Å². The average molecular weight is 269 g/mol. The molecule has 1 aromatic rings. The molecule has 0 amide bonds. The average Bonchev–Trinajstić information content (AvgIpc) is 2.03. The molecule has 16 heavy (non-hydrogen) atoms. The van der Waals surface area contributed by atoms with Crippen LogP contribution in [0, 0.1) is 0 Å². The van der Waals surface area contributed by atoms with E-state index in [1.54, 1.807) is 0 Å². The fraction of sp³-hybridized carbons (Fsp3) is 0.400. The van der Waals surface area contributed by atoms with Gasteiger partial charge in [-0.1, -0.05) is 24.3 Å². The standard InChI is InChI=1S/C10H11ClF2O2S/c1-10(12,13)6-8-2-4-9(5-3-8)7-16(11,14)15/h2-5H,6-7H2,1H3. The third kappa shape index (κ3) is 5.42. The molecule has 0 spiro atoms. The molecule has 0 saturated heterocycles. The lowest BCUT2D eigenvalue weighted by atomic mass is 10.1. The summed E-state index contributed by atoms with van der Waals surface area (Å²) in [5.41, 5.74) is 0.946. The molecule has 0 bridgehead atoms. The van der Waals surface area contributed by atoms with E-state index in [0.717, 1.165) is 6.92 Å². The first-order valence-corrected chi connectivity index (χ1v) is 7.01. The Morgan fingerprint density at radius 1 is 1.19 bits per heavy atom. The van der Waals surface area contributed by atoms with Crippen molar-refractivity contribution >= 4 is 19.7 Å². The normalized spacial score (nSPS) is 12.8. The van der Waals surface area contributed by atoms with Gasteiger partial charge in [-0.05, 0) is 18.1 Å². The van der Waals surface area contributed by atoms with E-state index in [2.05, 4.69) is 0 Å². The van der Waals surface area contributed by atoms with E-state index in [4.69, 9.17) is 10.7 Å². The third-order valence-corrected chi connectivity index (χ3v) is 2.88. The lowest BCUT2D eigenvalue weighted by molar-refractivity contribution is 0.0226. The maximum Gasteiger partial charge on any atom is 0.249 e. The molecule has 0 aliphatic carbocycles. The van der Waals surface area contributed by atoms with Crippen LogP contribution in [0.5, 0.6) is 0 Å². The van der Waals surface area contributed by atoms with E-state index in [-0.39, 0.29) is 12.2 Å². The van der Waals surface area contributed by atoms with E-state index in [1.165, 1.54) is 24.3 Å². The summed E-state index contributed by atoms with van der Waals surface area (Å²) in [6, 6.07) is 5.94. The van der Waals surface area contributed by atoms with Gasteiger partial charge in [0.1, 0.15) is 0 Å². The van der Waals surface area contributed by atoms with Crippen LogP contribution in [0.25, 0.3) is 0 Å². The molecule has 0 unspecified atom stereocenters. The predicted octanol–water partition coefficient (Wildman–Crippen LogP) is 2.95. The molecule has 6 heteroatoms. The topological polar surface area (TPSA) is 34.1 Å². The minimum absolute atomic E-state index is 0.294. The summed E-state index contributed by atoms with van der Waals surface area (Å²) >= 11 is 0. The molecule has 0 aliphatic heterocycles. The molecule has 0 aromatic heterocycles. The van der Waals surface area contributed by atoms with Crippen molar-refractivity contribution in [3.63, 3.8) is 0 Å². The fourth-order valence-corrected chi connectivity index (χ4v) is 2.28. The molecule has 2 nitrogen and oxygen atoms in total. The van der Waals surface area contributed by atoms with Crippen molar-refractivity contribution in [2.45, 2.75) is 25.0 Å². The Hall–Kier alpha value is -0.680. The minimum Gasteiger partial charge on any atom is -0.212 e. The smallest absolute Gasteiger partial charge is 0.212 e. The zero-order valence-electron chi connectivity index (χ0n) is 8.58. The van der Waals surface area contributed by atoms with E-state index in [9.17, 15) is 17.2 Å². The quantitative estimate of drug-likeness (QED) is 0.787. The summed E-state index contributed by atoms with van der Waals surface area (Å²) < 4.78 is 46.8. The first-order chi connectivity index (χ1) is 7.16. The summed E-state index contributed by atoms with van der Waals surface area (Å²) in [5.74, 6) is -3.06. The van der Waals surface area contributed by atoms with Crippen LogP contribution in [0.15, 0.2) is 24.3 Å². The fourth-order valence-electron chi connectivity index (χ4n) is 1.31. The van der Waals surface area contributed by atoms with E-state index >= 15 is 0 Å². The van der Waals surface area contributed by atoms with Crippen molar-refractivity contribution in [2.24, 2.45) is 0 Å². The second kappa shape index (κ2) is 4.67. The van der Waals surface area contributed by atoms with Crippen LogP contribution in [0.4, 0.5) is 8.78 Å². The van der Waals surface area contributed by atoms with Gasteiger partial charge in [0.15, 0.2) is 0 Å². The van der Waals surface area contributed by atoms with Crippen LogP contribution in [0.3, 0.4) is 0 Å². The van der Waals surface area contributed by atoms with Gasteiger partial charge in [0, 0.05) is 17.1 Å². The number of hydrogen-bond donors (Lipinski definition) is 0. The number of alkyl halides is 2. The molecular formula is C10H11ClF2O2S. The molecule has 0 N–H and O–H groups in total. The Morgan fingerprint density at radius 3 is 2.00 bits per heavy atom.